The lowest BCUT2D eigenvalue weighted by Gasteiger charge is -2.02. The number of hydrogen-bond acceptors (Lipinski definition) is 1. The first-order chi connectivity index (χ1) is 4.88. The van der Waals surface area contributed by atoms with Gasteiger partial charge in [0.1, 0.15) is 15.8 Å². The number of halogens is 1. The Labute approximate surface area is 65.3 Å². The molecule has 4 aromatic heterocycles. The minimum atomic E-state index is 1.04. The highest BCUT2D eigenvalue weighted by Crippen LogP contribution is 2.32. The zero-order valence-electron chi connectivity index (χ0n) is 5.00. The van der Waals surface area contributed by atoms with Gasteiger partial charge in [-0.2, -0.15) is 0 Å². The number of hydrogen-bond donors (Lipinski definition) is 0. The Kier molecular flexibility index (Phi) is 0.624. The molecule has 48 valence electrons. The molecule has 0 aromatic carbocycles. The van der Waals surface area contributed by atoms with Crippen LogP contribution in [0.2, 0.25) is 0 Å². The van der Waals surface area contributed by atoms with Crippen molar-refractivity contribution in [3.63, 3.8) is 0 Å². The van der Waals surface area contributed by atoms with Gasteiger partial charge in [-0.1, -0.05) is 6.07 Å². The van der Waals surface area contributed by atoms with Gasteiger partial charge in [0.25, 0.3) is 0 Å². The van der Waals surface area contributed by atoms with Crippen molar-refractivity contribution in [3.8, 4) is 0 Å². The highest BCUT2D eigenvalue weighted by atomic mass is 79.9. The van der Waals surface area contributed by atoms with Crippen LogP contribution in [0.5, 0.6) is 0 Å². The van der Waals surface area contributed by atoms with E-state index in [1.54, 1.807) is 0 Å². The van der Waals surface area contributed by atoms with Gasteiger partial charge >= 0.3 is 0 Å². The van der Waals surface area contributed by atoms with E-state index in [-0.39, 0.29) is 0 Å². The standard InChI is InChI=1S/C7H3BrN2/c8-7-6-4-2-1-3-5(9-6)10(4)7/h1-3H. The Hall–Kier alpha value is -0.830. The Morgan fingerprint density at radius 1 is 1.40 bits per heavy atom. The normalized spacial score (nSPS) is 12.5. The molecule has 0 fully saturated rings. The average Bonchev–Trinajstić information content (AvgIpc) is 2.39. The van der Waals surface area contributed by atoms with E-state index >= 15 is 0 Å². The smallest absolute Gasteiger partial charge is 0.138 e. The van der Waals surface area contributed by atoms with Crippen molar-refractivity contribution in [3.05, 3.63) is 22.8 Å². The van der Waals surface area contributed by atoms with E-state index in [4.69, 9.17) is 0 Å². The largest absolute Gasteiger partial charge is 0.284 e. The van der Waals surface area contributed by atoms with Gasteiger partial charge in [0.2, 0.25) is 0 Å². The molecule has 0 saturated heterocycles. The van der Waals surface area contributed by atoms with Crippen LogP contribution in [-0.2, 0) is 0 Å². The summed E-state index contributed by atoms with van der Waals surface area (Å²) in [5.74, 6) is 0. The van der Waals surface area contributed by atoms with E-state index in [9.17, 15) is 0 Å². The van der Waals surface area contributed by atoms with Crippen LogP contribution in [0.4, 0.5) is 0 Å². The van der Waals surface area contributed by atoms with Crippen molar-refractivity contribution in [1.82, 2.24) is 9.38 Å². The topological polar surface area (TPSA) is 17.3 Å². The fraction of sp³-hybridized carbons (Fsp3) is 0. The summed E-state index contributed by atoms with van der Waals surface area (Å²) in [7, 11) is 0. The maximum atomic E-state index is 4.33. The number of aromatic nitrogens is 2. The summed E-state index contributed by atoms with van der Waals surface area (Å²) >= 11 is 3.43. The molecular formula is C7H3BrN2. The third-order valence-corrected chi connectivity index (χ3v) is 2.56. The van der Waals surface area contributed by atoms with E-state index in [1.807, 2.05) is 12.1 Å². The summed E-state index contributed by atoms with van der Waals surface area (Å²) in [6.07, 6.45) is 0. The second-order valence-electron chi connectivity index (χ2n) is 2.36. The zero-order chi connectivity index (χ0) is 6.72. The van der Waals surface area contributed by atoms with Crippen molar-refractivity contribution < 1.29 is 0 Å². The predicted octanol–water partition coefficient (Wildman–Crippen LogP) is 2.13. The van der Waals surface area contributed by atoms with Gasteiger partial charge in [0.05, 0.1) is 5.52 Å². The van der Waals surface area contributed by atoms with Gasteiger partial charge in [-0.05, 0) is 28.1 Å². The molecule has 2 nitrogen and oxygen atoms in total. The second kappa shape index (κ2) is 1.27. The Morgan fingerprint density at radius 3 is 3.00 bits per heavy atom. The number of rotatable bonds is 0. The van der Waals surface area contributed by atoms with E-state index in [0.717, 1.165) is 15.8 Å². The van der Waals surface area contributed by atoms with Gasteiger partial charge in [-0.15, -0.1) is 0 Å². The molecule has 0 saturated carbocycles. The predicted molar refractivity (Wildman–Crippen MR) is 42.8 cm³/mol. The minimum Gasteiger partial charge on any atom is -0.284 e. The Morgan fingerprint density at radius 2 is 2.30 bits per heavy atom. The molecule has 4 aromatic rings. The van der Waals surface area contributed by atoms with Gasteiger partial charge < -0.3 is 0 Å². The number of pyridine rings is 1. The maximum absolute atomic E-state index is 4.33. The van der Waals surface area contributed by atoms with Gasteiger partial charge in [0.15, 0.2) is 0 Å². The molecule has 4 heterocycles. The first-order valence-electron chi connectivity index (χ1n) is 3.05. The van der Waals surface area contributed by atoms with Gasteiger partial charge in [-0.25, -0.2) is 4.98 Å². The van der Waals surface area contributed by atoms with E-state index < -0.39 is 0 Å². The lowest BCUT2D eigenvalue weighted by Crippen LogP contribution is -1.90. The summed E-state index contributed by atoms with van der Waals surface area (Å²) < 4.78 is 3.20. The zero-order valence-corrected chi connectivity index (χ0v) is 6.59. The Bertz CT molecular complexity index is 455. The molecule has 0 radical (unpaired) electrons. The highest BCUT2D eigenvalue weighted by molar-refractivity contribution is 9.10. The summed E-state index contributed by atoms with van der Waals surface area (Å²) in [6.45, 7) is 0. The molecule has 0 unspecified atom stereocenters. The Balaban J connectivity index is 2.81. The van der Waals surface area contributed by atoms with Gasteiger partial charge in [-0.3, -0.25) is 4.40 Å². The van der Waals surface area contributed by atoms with E-state index in [0.29, 0.717) is 0 Å². The van der Waals surface area contributed by atoms with Crippen LogP contribution in [0.15, 0.2) is 22.8 Å². The fourth-order valence-electron chi connectivity index (χ4n) is 1.35. The van der Waals surface area contributed by atoms with Crippen molar-refractivity contribution in [2.24, 2.45) is 0 Å². The molecule has 0 aliphatic carbocycles. The van der Waals surface area contributed by atoms with Crippen LogP contribution in [-0.4, -0.2) is 9.38 Å². The van der Waals surface area contributed by atoms with Crippen LogP contribution in [0, 0.1) is 0 Å². The molecular weight excluding hydrogens is 192 g/mol. The highest BCUT2D eigenvalue weighted by Gasteiger charge is 2.17. The van der Waals surface area contributed by atoms with Crippen molar-refractivity contribution in [1.29, 1.82) is 0 Å². The quantitative estimate of drug-likeness (QED) is 0.537. The summed E-state index contributed by atoms with van der Waals surface area (Å²) in [4.78, 5) is 4.33. The van der Waals surface area contributed by atoms with E-state index in [1.165, 1.54) is 5.52 Å². The summed E-state index contributed by atoms with van der Waals surface area (Å²) in [6, 6.07) is 6.10. The van der Waals surface area contributed by atoms with Crippen LogP contribution >= 0.6 is 15.9 Å². The average molecular weight is 195 g/mol. The maximum Gasteiger partial charge on any atom is 0.138 e. The molecule has 0 spiro atoms. The van der Waals surface area contributed by atoms with Crippen LogP contribution in [0.3, 0.4) is 0 Å². The van der Waals surface area contributed by atoms with Crippen LogP contribution in [0.25, 0.3) is 16.7 Å². The molecule has 0 amide bonds. The lowest BCUT2D eigenvalue weighted by molar-refractivity contribution is 1.20. The lowest BCUT2D eigenvalue weighted by atomic mass is 10.3. The van der Waals surface area contributed by atoms with Crippen molar-refractivity contribution in [2.45, 2.75) is 0 Å². The number of nitrogens with zero attached hydrogens (tertiary/aromatic N) is 2. The van der Waals surface area contributed by atoms with Crippen LogP contribution in [0.1, 0.15) is 0 Å². The fourth-order valence-corrected chi connectivity index (χ4v) is 2.02. The van der Waals surface area contributed by atoms with Crippen molar-refractivity contribution >= 4 is 32.6 Å². The third kappa shape index (κ3) is 0.321. The molecule has 0 aliphatic rings. The first kappa shape index (κ1) is 4.91. The SMILES string of the molecule is Brc1c2nc3cccc2n13. The number of imidazole rings is 2. The molecule has 4 rings (SSSR count). The first-order valence-corrected chi connectivity index (χ1v) is 3.84. The van der Waals surface area contributed by atoms with Crippen molar-refractivity contribution in [2.75, 3.05) is 0 Å². The van der Waals surface area contributed by atoms with E-state index in [2.05, 4.69) is 31.4 Å². The molecule has 0 atom stereocenters. The summed E-state index contributed by atoms with van der Waals surface area (Å²) in [5, 5.41) is 0. The minimum absolute atomic E-state index is 1.04. The van der Waals surface area contributed by atoms with Gasteiger partial charge in [0, 0.05) is 0 Å². The van der Waals surface area contributed by atoms with Crippen LogP contribution < -0.4 is 0 Å². The molecule has 0 aliphatic heterocycles. The molecule has 0 N–H and O–H groups in total. The monoisotopic (exact) mass is 194 g/mol. The molecule has 10 heavy (non-hydrogen) atoms. The summed E-state index contributed by atoms with van der Waals surface area (Å²) in [5.41, 5.74) is 3.36. The second-order valence-corrected chi connectivity index (χ2v) is 3.11. The third-order valence-electron chi connectivity index (χ3n) is 1.83. The molecule has 3 heteroatoms. The molecule has 4 bridgehead atoms.